The molecule has 0 spiro atoms. The number of hydrogen-bond donors (Lipinski definition) is 1. The van der Waals surface area contributed by atoms with E-state index < -0.39 is 5.97 Å². The topological polar surface area (TPSA) is 46.5 Å². The summed E-state index contributed by atoms with van der Waals surface area (Å²) in [6.45, 7) is 3.60. The Hall–Kier alpha value is -2.03. The number of carbonyl (C=O) groups is 1. The smallest absolute Gasteiger partial charge is 0.330 e. The number of aliphatic hydroxyl groups is 1. The lowest BCUT2D eigenvalue weighted by molar-refractivity contribution is -0.138. The Morgan fingerprint density at radius 1 is 1.47 bits per heavy atom. The van der Waals surface area contributed by atoms with E-state index in [1.807, 2.05) is 24.3 Å². The van der Waals surface area contributed by atoms with Gasteiger partial charge >= 0.3 is 5.97 Å². The van der Waals surface area contributed by atoms with E-state index in [4.69, 9.17) is 4.74 Å². The number of carbonyl (C=O) groups excluding carboxylic acids is 1. The number of esters is 1. The lowest BCUT2D eigenvalue weighted by Gasteiger charge is -2.14. The fourth-order valence-electron chi connectivity index (χ4n) is 1.84. The van der Waals surface area contributed by atoms with Crippen LogP contribution in [0.3, 0.4) is 0 Å². The van der Waals surface area contributed by atoms with Crippen LogP contribution in [0.1, 0.15) is 16.7 Å². The molecular formula is C14H14O3. The highest BCUT2D eigenvalue weighted by atomic mass is 16.5. The van der Waals surface area contributed by atoms with Crippen LogP contribution in [0.2, 0.25) is 0 Å². The van der Waals surface area contributed by atoms with Gasteiger partial charge in [-0.1, -0.05) is 24.8 Å². The highest BCUT2D eigenvalue weighted by Crippen LogP contribution is 2.21. The minimum Gasteiger partial charge on any atom is -0.512 e. The molecule has 0 unspecified atom stereocenters. The van der Waals surface area contributed by atoms with Crippen molar-refractivity contribution in [2.75, 3.05) is 0 Å². The Bertz CT molecular complexity index is 486. The Kier molecular flexibility index (Phi) is 3.28. The summed E-state index contributed by atoms with van der Waals surface area (Å²) in [5.74, 6) is 0.00333. The molecule has 0 aliphatic heterocycles. The van der Waals surface area contributed by atoms with Crippen molar-refractivity contribution in [2.45, 2.75) is 19.4 Å². The standard InChI is InChI=1S/C14H14O3/c1-2-14(16)17-9-10-3-4-12-8-13(15)6-5-11(12)7-10/h2-4,6-7,15H,1,5,8-9H2. The first-order valence-electron chi connectivity index (χ1n) is 5.47. The van der Waals surface area contributed by atoms with E-state index in [2.05, 4.69) is 6.58 Å². The van der Waals surface area contributed by atoms with Gasteiger partial charge in [-0.05, 0) is 29.2 Å². The van der Waals surface area contributed by atoms with Gasteiger partial charge in [0.2, 0.25) is 0 Å². The highest BCUT2D eigenvalue weighted by Gasteiger charge is 2.10. The monoisotopic (exact) mass is 230 g/mol. The van der Waals surface area contributed by atoms with Crippen LogP contribution in [0.4, 0.5) is 0 Å². The van der Waals surface area contributed by atoms with E-state index in [-0.39, 0.29) is 6.61 Å². The molecule has 0 radical (unpaired) electrons. The van der Waals surface area contributed by atoms with Gasteiger partial charge in [-0.15, -0.1) is 0 Å². The summed E-state index contributed by atoms with van der Waals surface area (Å²) in [5, 5.41) is 9.41. The second-order valence-corrected chi connectivity index (χ2v) is 3.99. The third-order valence-electron chi connectivity index (χ3n) is 2.75. The largest absolute Gasteiger partial charge is 0.512 e. The third-order valence-corrected chi connectivity index (χ3v) is 2.75. The molecule has 3 nitrogen and oxygen atoms in total. The maximum Gasteiger partial charge on any atom is 0.330 e. The summed E-state index contributed by atoms with van der Waals surface area (Å²) in [6, 6.07) is 5.89. The molecule has 0 heterocycles. The molecular weight excluding hydrogens is 216 g/mol. The first kappa shape index (κ1) is 11.5. The van der Waals surface area contributed by atoms with Crippen molar-refractivity contribution in [1.82, 2.24) is 0 Å². The number of rotatable bonds is 3. The Morgan fingerprint density at radius 3 is 3.06 bits per heavy atom. The summed E-state index contributed by atoms with van der Waals surface area (Å²) < 4.78 is 4.97. The van der Waals surface area contributed by atoms with E-state index in [1.165, 1.54) is 5.56 Å². The molecule has 0 saturated heterocycles. The van der Waals surface area contributed by atoms with Crippen LogP contribution >= 0.6 is 0 Å². The number of benzene rings is 1. The number of allylic oxidation sites excluding steroid dienone is 2. The Balaban J connectivity index is 2.08. The van der Waals surface area contributed by atoms with Gasteiger partial charge in [0.05, 0.1) is 5.76 Å². The number of aliphatic hydroxyl groups excluding tert-OH is 1. The molecule has 1 aliphatic carbocycles. The second kappa shape index (κ2) is 4.87. The molecule has 0 aromatic heterocycles. The van der Waals surface area contributed by atoms with Crippen molar-refractivity contribution in [1.29, 1.82) is 0 Å². The maximum absolute atomic E-state index is 10.9. The fraction of sp³-hybridized carbons (Fsp3) is 0.214. The van der Waals surface area contributed by atoms with Crippen molar-refractivity contribution >= 4 is 5.97 Å². The number of fused-ring (bicyclic) bond motifs is 1. The molecule has 0 amide bonds. The van der Waals surface area contributed by atoms with Crippen LogP contribution in [0.25, 0.3) is 0 Å². The van der Waals surface area contributed by atoms with E-state index in [0.717, 1.165) is 23.6 Å². The zero-order valence-corrected chi connectivity index (χ0v) is 9.48. The lowest BCUT2D eigenvalue weighted by Crippen LogP contribution is -2.05. The molecule has 1 aromatic rings. The average molecular weight is 230 g/mol. The molecule has 3 heteroatoms. The molecule has 0 atom stereocenters. The molecule has 2 rings (SSSR count). The van der Waals surface area contributed by atoms with Crippen LogP contribution in [-0.2, 0) is 29.0 Å². The molecule has 17 heavy (non-hydrogen) atoms. The van der Waals surface area contributed by atoms with Gasteiger partial charge in [-0.2, -0.15) is 0 Å². The SMILES string of the molecule is C=CC(=O)OCc1ccc2c(c1)CC=C(O)C2. The first-order chi connectivity index (χ1) is 8.19. The van der Waals surface area contributed by atoms with Gasteiger partial charge in [-0.25, -0.2) is 4.79 Å². The van der Waals surface area contributed by atoms with E-state index in [0.29, 0.717) is 12.2 Å². The van der Waals surface area contributed by atoms with Crippen molar-refractivity contribution in [3.05, 3.63) is 59.4 Å². The summed E-state index contributed by atoms with van der Waals surface area (Å²) >= 11 is 0. The highest BCUT2D eigenvalue weighted by molar-refractivity contribution is 5.81. The molecule has 1 aliphatic rings. The summed E-state index contributed by atoms with van der Waals surface area (Å²) in [6.07, 6.45) is 4.27. The van der Waals surface area contributed by atoms with Crippen molar-refractivity contribution in [2.24, 2.45) is 0 Å². The Morgan fingerprint density at radius 2 is 2.29 bits per heavy atom. The van der Waals surface area contributed by atoms with Gasteiger partial charge in [0.25, 0.3) is 0 Å². The predicted molar refractivity (Wildman–Crippen MR) is 64.6 cm³/mol. The normalized spacial score (nSPS) is 13.5. The molecule has 1 aromatic carbocycles. The van der Waals surface area contributed by atoms with Crippen molar-refractivity contribution in [3.63, 3.8) is 0 Å². The van der Waals surface area contributed by atoms with Crippen LogP contribution in [0.15, 0.2) is 42.7 Å². The third kappa shape index (κ3) is 2.75. The number of ether oxygens (including phenoxy) is 1. The van der Waals surface area contributed by atoms with Crippen LogP contribution in [0, 0.1) is 0 Å². The zero-order valence-electron chi connectivity index (χ0n) is 9.48. The zero-order chi connectivity index (χ0) is 12.3. The van der Waals surface area contributed by atoms with Gasteiger partial charge in [0.1, 0.15) is 6.61 Å². The van der Waals surface area contributed by atoms with Crippen molar-refractivity contribution in [3.8, 4) is 0 Å². The summed E-state index contributed by atoms with van der Waals surface area (Å²) in [7, 11) is 0. The van der Waals surface area contributed by atoms with E-state index in [1.54, 1.807) is 0 Å². The minimum absolute atomic E-state index is 0.258. The van der Waals surface area contributed by atoms with E-state index >= 15 is 0 Å². The lowest BCUT2D eigenvalue weighted by atomic mass is 9.94. The maximum atomic E-state index is 10.9. The van der Waals surface area contributed by atoms with Gasteiger partial charge < -0.3 is 9.84 Å². The molecule has 88 valence electrons. The average Bonchev–Trinajstić information content (AvgIpc) is 2.35. The second-order valence-electron chi connectivity index (χ2n) is 3.99. The van der Waals surface area contributed by atoms with Crippen LogP contribution < -0.4 is 0 Å². The van der Waals surface area contributed by atoms with Crippen LogP contribution in [0.5, 0.6) is 0 Å². The molecule has 0 bridgehead atoms. The summed E-state index contributed by atoms with van der Waals surface area (Å²) in [5.41, 5.74) is 3.26. The predicted octanol–water partition coefficient (Wildman–Crippen LogP) is 2.46. The van der Waals surface area contributed by atoms with Crippen molar-refractivity contribution < 1.29 is 14.6 Å². The summed E-state index contributed by atoms with van der Waals surface area (Å²) in [4.78, 5) is 10.9. The molecule has 0 fully saturated rings. The first-order valence-corrected chi connectivity index (χ1v) is 5.47. The van der Waals surface area contributed by atoms with Gasteiger partial charge in [-0.3, -0.25) is 0 Å². The fourth-order valence-corrected chi connectivity index (χ4v) is 1.84. The number of hydrogen-bond acceptors (Lipinski definition) is 3. The van der Waals surface area contributed by atoms with E-state index in [9.17, 15) is 9.90 Å². The minimum atomic E-state index is -0.416. The van der Waals surface area contributed by atoms with Crippen LogP contribution in [-0.4, -0.2) is 11.1 Å². The quantitative estimate of drug-likeness (QED) is 0.641. The molecule has 1 N–H and O–H groups in total. The van der Waals surface area contributed by atoms with Gasteiger partial charge in [0, 0.05) is 12.5 Å². The Labute approximate surface area is 100 Å². The van der Waals surface area contributed by atoms with Gasteiger partial charge in [0.15, 0.2) is 0 Å². The molecule has 0 saturated carbocycles.